The van der Waals surface area contributed by atoms with E-state index >= 15 is 0 Å². The van der Waals surface area contributed by atoms with Crippen LogP contribution in [0.2, 0.25) is 0 Å². The fourth-order valence-electron chi connectivity index (χ4n) is 4.80. The van der Waals surface area contributed by atoms with E-state index in [0.29, 0.717) is 38.3 Å². The molecule has 3 atom stereocenters. The summed E-state index contributed by atoms with van der Waals surface area (Å²) in [6.45, 7) is 7.80. The number of aliphatic carboxylic acids is 2. The van der Waals surface area contributed by atoms with E-state index < -0.39 is 30.3 Å². The minimum absolute atomic E-state index is 0.00259. The lowest BCUT2D eigenvalue weighted by atomic mass is 10.00. The third kappa shape index (κ3) is 13.8. The zero-order chi connectivity index (χ0) is 34.2. The number of halogens is 1. The smallest absolute Gasteiger partial charge is 0.335 e. The minimum atomic E-state index is -2.27. The van der Waals surface area contributed by atoms with Crippen LogP contribution in [-0.2, 0) is 27.3 Å². The molecule has 13 heteroatoms. The molecular formula is C33H47FN2O10. The zero-order valence-corrected chi connectivity index (χ0v) is 26.4. The van der Waals surface area contributed by atoms with Gasteiger partial charge in [-0.2, -0.15) is 0 Å². The molecule has 46 heavy (non-hydrogen) atoms. The molecule has 1 aliphatic heterocycles. The largest absolute Gasteiger partial charge is 0.493 e. The first-order chi connectivity index (χ1) is 21.8. The Morgan fingerprint density at radius 2 is 1.43 bits per heavy atom. The van der Waals surface area contributed by atoms with Crippen LogP contribution in [0.4, 0.5) is 4.39 Å². The van der Waals surface area contributed by atoms with Gasteiger partial charge in [0.2, 0.25) is 5.91 Å². The van der Waals surface area contributed by atoms with Crippen LogP contribution in [0.1, 0.15) is 50.7 Å². The van der Waals surface area contributed by atoms with Crippen molar-refractivity contribution in [3.8, 4) is 5.75 Å². The van der Waals surface area contributed by atoms with Gasteiger partial charge in [-0.25, -0.2) is 14.0 Å². The molecule has 1 fully saturated rings. The monoisotopic (exact) mass is 650 g/mol. The van der Waals surface area contributed by atoms with Gasteiger partial charge < -0.3 is 45.2 Å². The standard InChI is InChI=1S/C29H41FN2O4.C4H6O6/c1-22(2)21-36-28-9-5-23(6-10-28)19-29(35)32(20-24-3-7-25(30)8-4-24)26-11-15-31(16-12-26)17-13-27(34)14-18-33;5-1(3(7)8)2(6)4(9)10/h3-10,22,26-27,33-34H,11-21H2,1-2H3;1-2,5-6H,(H,7,8)(H,9,10). The van der Waals surface area contributed by atoms with Crippen molar-refractivity contribution in [2.45, 2.75) is 76.9 Å². The Hall–Kier alpha value is -3.62. The van der Waals surface area contributed by atoms with E-state index in [0.717, 1.165) is 49.4 Å². The van der Waals surface area contributed by atoms with Crippen molar-refractivity contribution in [2.75, 3.05) is 32.8 Å². The van der Waals surface area contributed by atoms with Crippen LogP contribution in [-0.4, -0.2) is 115 Å². The van der Waals surface area contributed by atoms with Crippen molar-refractivity contribution in [2.24, 2.45) is 5.92 Å². The second-order valence-electron chi connectivity index (χ2n) is 11.8. The second kappa shape index (κ2) is 19.8. The predicted molar refractivity (Wildman–Crippen MR) is 167 cm³/mol. The first kappa shape index (κ1) is 38.6. The highest BCUT2D eigenvalue weighted by molar-refractivity contribution is 5.83. The molecule has 2 aromatic carbocycles. The Kier molecular flexibility index (Phi) is 16.6. The van der Waals surface area contributed by atoms with Crippen LogP contribution in [0.5, 0.6) is 5.75 Å². The molecule has 0 aromatic heterocycles. The fraction of sp³-hybridized carbons (Fsp3) is 0.545. The second-order valence-corrected chi connectivity index (χ2v) is 11.8. The summed E-state index contributed by atoms with van der Waals surface area (Å²) in [4.78, 5) is 37.3. The number of carbonyl (C=O) groups is 3. The highest BCUT2D eigenvalue weighted by atomic mass is 19.1. The molecule has 1 heterocycles. The van der Waals surface area contributed by atoms with Gasteiger partial charge in [0, 0.05) is 38.8 Å². The van der Waals surface area contributed by atoms with E-state index in [1.54, 1.807) is 12.1 Å². The number of carboxylic acid groups (broad SMARTS) is 2. The van der Waals surface area contributed by atoms with Crippen molar-refractivity contribution in [3.05, 3.63) is 65.5 Å². The lowest BCUT2D eigenvalue weighted by Crippen LogP contribution is -2.48. The number of aliphatic hydroxyl groups is 4. The van der Waals surface area contributed by atoms with E-state index in [-0.39, 0.29) is 24.4 Å². The molecule has 6 N–H and O–H groups in total. The van der Waals surface area contributed by atoms with Gasteiger partial charge in [-0.15, -0.1) is 0 Å². The number of hydrogen-bond donors (Lipinski definition) is 6. The topological polar surface area (TPSA) is 188 Å². The van der Waals surface area contributed by atoms with Crippen LogP contribution >= 0.6 is 0 Å². The summed E-state index contributed by atoms with van der Waals surface area (Å²) in [7, 11) is 0. The van der Waals surface area contributed by atoms with E-state index in [2.05, 4.69) is 18.7 Å². The van der Waals surface area contributed by atoms with Crippen molar-refractivity contribution < 1.29 is 54.2 Å². The summed E-state index contributed by atoms with van der Waals surface area (Å²) < 4.78 is 19.2. The Bertz CT molecular complexity index is 1190. The van der Waals surface area contributed by atoms with Gasteiger partial charge in [0.05, 0.1) is 19.1 Å². The number of aliphatic hydroxyl groups excluding tert-OH is 4. The van der Waals surface area contributed by atoms with Crippen molar-refractivity contribution >= 4 is 17.8 Å². The van der Waals surface area contributed by atoms with Crippen LogP contribution < -0.4 is 4.74 Å². The average Bonchev–Trinajstić information content (AvgIpc) is 3.03. The molecule has 0 saturated carbocycles. The highest BCUT2D eigenvalue weighted by Crippen LogP contribution is 2.22. The number of rotatable bonds is 16. The molecule has 1 amide bonds. The van der Waals surface area contributed by atoms with E-state index in [1.807, 2.05) is 29.2 Å². The molecule has 1 aliphatic rings. The van der Waals surface area contributed by atoms with Crippen LogP contribution in [0.15, 0.2) is 48.5 Å². The van der Waals surface area contributed by atoms with E-state index in [9.17, 15) is 23.9 Å². The zero-order valence-electron chi connectivity index (χ0n) is 26.4. The predicted octanol–water partition coefficient (Wildman–Crippen LogP) is 1.91. The van der Waals surface area contributed by atoms with Crippen LogP contribution in [0.3, 0.4) is 0 Å². The lowest BCUT2D eigenvalue weighted by Gasteiger charge is -2.39. The van der Waals surface area contributed by atoms with Crippen molar-refractivity contribution in [1.82, 2.24) is 9.80 Å². The molecule has 2 aromatic rings. The van der Waals surface area contributed by atoms with Gasteiger partial charge in [-0.05, 0) is 67.0 Å². The maximum atomic E-state index is 13.5. The lowest BCUT2D eigenvalue weighted by molar-refractivity contribution is -0.165. The molecule has 1 saturated heterocycles. The summed E-state index contributed by atoms with van der Waals surface area (Å²) in [5, 5.41) is 51.4. The number of ether oxygens (including phenoxy) is 1. The molecular weight excluding hydrogens is 603 g/mol. The maximum Gasteiger partial charge on any atom is 0.335 e. The normalized spacial score (nSPS) is 15.7. The Morgan fingerprint density at radius 1 is 0.891 bits per heavy atom. The molecule has 3 rings (SSSR count). The summed E-state index contributed by atoms with van der Waals surface area (Å²) in [6.07, 6.45) is -1.96. The molecule has 0 radical (unpaired) electrons. The summed E-state index contributed by atoms with van der Waals surface area (Å²) in [6, 6.07) is 14.2. The number of amides is 1. The first-order valence-corrected chi connectivity index (χ1v) is 15.4. The number of nitrogens with zero attached hydrogens (tertiary/aromatic N) is 2. The quantitative estimate of drug-likeness (QED) is 0.156. The van der Waals surface area contributed by atoms with Crippen LogP contribution in [0, 0.1) is 11.7 Å². The first-order valence-electron chi connectivity index (χ1n) is 15.4. The van der Waals surface area contributed by atoms with Gasteiger partial charge in [0.1, 0.15) is 11.6 Å². The SMILES string of the molecule is CC(C)COc1ccc(CC(=O)N(Cc2ccc(F)cc2)C2CCN(CCC(O)CCO)CC2)cc1.O=C(O)C(O)C(O)C(=O)O. The Labute approximate surface area is 268 Å². The molecule has 12 nitrogen and oxygen atoms in total. The highest BCUT2D eigenvalue weighted by Gasteiger charge is 2.30. The number of carbonyl (C=O) groups excluding carboxylic acids is 1. The number of carboxylic acids is 2. The summed E-state index contributed by atoms with van der Waals surface area (Å²) >= 11 is 0. The Morgan fingerprint density at radius 3 is 1.93 bits per heavy atom. The van der Waals surface area contributed by atoms with Gasteiger partial charge in [-0.3, -0.25) is 4.79 Å². The maximum absolute atomic E-state index is 13.5. The Balaban J connectivity index is 0.000000634. The van der Waals surface area contributed by atoms with Crippen molar-refractivity contribution in [1.29, 1.82) is 0 Å². The van der Waals surface area contributed by atoms with Gasteiger partial charge in [0.15, 0.2) is 12.2 Å². The number of hydrogen-bond acceptors (Lipinski definition) is 9. The summed E-state index contributed by atoms with van der Waals surface area (Å²) in [5.74, 6) is -2.51. The fourth-order valence-corrected chi connectivity index (χ4v) is 4.80. The van der Waals surface area contributed by atoms with Crippen LogP contribution in [0.25, 0.3) is 0 Å². The third-order valence-corrected chi connectivity index (χ3v) is 7.49. The van der Waals surface area contributed by atoms with Gasteiger partial charge in [-0.1, -0.05) is 38.1 Å². The molecule has 3 unspecified atom stereocenters. The van der Waals surface area contributed by atoms with Gasteiger partial charge >= 0.3 is 11.9 Å². The number of likely N-dealkylation sites (tertiary alicyclic amines) is 1. The molecule has 256 valence electrons. The minimum Gasteiger partial charge on any atom is -0.493 e. The third-order valence-electron chi connectivity index (χ3n) is 7.49. The van der Waals surface area contributed by atoms with Gasteiger partial charge in [0.25, 0.3) is 0 Å². The molecule has 0 spiro atoms. The summed E-state index contributed by atoms with van der Waals surface area (Å²) in [5.41, 5.74) is 1.85. The van der Waals surface area contributed by atoms with Crippen molar-refractivity contribution in [3.63, 3.8) is 0 Å². The molecule has 0 aliphatic carbocycles. The number of benzene rings is 2. The van der Waals surface area contributed by atoms with E-state index in [4.69, 9.17) is 30.3 Å². The van der Waals surface area contributed by atoms with E-state index in [1.165, 1.54) is 12.1 Å². The average molecular weight is 651 g/mol. The molecule has 0 bridgehead atoms. The number of piperidine rings is 1.